The lowest BCUT2D eigenvalue weighted by molar-refractivity contribution is 0.327. The fourth-order valence-electron chi connectivity index (χ4n) is 1.83. The summed E-state index contributed by atoms with van der Waals surface area (Å²) in [5.41, 5.74) is 7.61. The van der Waals surface area contributed by atoms with E-state index in [0.717, 1.165) is 11.1 Å². The predicted molar refractivity (Wildman–Crippen MR) is 60.1 cm³/mol. The van der Waals surface area contributed by atoms with Gasteiger partial charge in [-0.1, -0.05) is 24.3 Å². The van der Waals surface area contributed by atoms with E-state index in [0.29, 0.717) is 0 Å². The van der Waals surface area contributed by atoms with Gasteiger partial charge in [0.15, 0.2) is 0 Å². The van der Waals surface area contributed by atoms with Crippen molar-refractivity contribution in [3.05, 3.63) is 35.4 Å². The maximum atomic E-state index is 11.2. The highest BCUT2D eigenvalue weighted by molar-refractivity contribution is 7.53. The molecule has 0 unspecified atom stereocenters. The van der Waals surface area contributed by atoms with Gasteiger partial charge in [-0.15, -0.1) is 12.4 Å². The van der Waals surface area contributed by atoms with Crippen LogP contribution < -0.4 is 5.73 Å². The third kappa shape index (κ3) is 2.10. The Kier molecular flexibility index (Phi) is 3.29. The number of fused-ring (bicyclic) bond motifs is 1. The van der Waals surface area contributed by atoms with E-state index in [-0.39, 0.29) is 25.2 Å². The van der Waals surface area contributed by atoms with Gasteiger partial charge in [-0.2, -0.15) is 0 Å². The standard InChI is InChI=1S/C9H12NO3P.ClH/c10-9(14(11,12)13)5-7-3-1-2-4-8(7)6-9;/h1-4H,5-6,10H2,(H2,11,12,13);1H. The summed E-state index contributed by atoms with van der Waals surface area (Å²) in [6, 6.07) is 7.42. The molecule has 1 aliphatic carbocycles. The van der Waals surface area contributed by atoms with Crippen LogP contribution in [0.4, 0.5) is 0 Å². The Morgan fingerprint density at radius 3 is 1.93 bits per heavy atom. The molecule has 0 aromatic heterocycles. The highest BCUT2D eigenvalue weighted by Gasteiger charge is 2.47. The van der Waals surface area contributed by atoms with Crippen LogP contribution in [-0.4, -0.2) is 15.1 Å². The van der Waals surface area contributed by atoms with Gasteiger partial charge in [0.25, 0.3) is 0 Å². The van der Waals surface area contributed by atoms with Crippen LogP contribution in [0.2, 0.25) is 0 Å². The highest BCUT2D eigenvalue weighted by atomic mass is 35.5. The van der Waals surface area contributed by atoms with E-state index in [2.05, 4.69) is 0 Å². The van der Waals surface area contributed by atoms with Crippen molar-refractivity contribution in [2.45, 2.75) is 18.1 Å². The van der Waals surface area contributed by atoms with Crippen molar-refractivity contribution in [1.82, 2.24) is 0 Å². The number of hydrogen-bond acceptors (Lipinski definition) is 2. The minimum atomic E-state index is -4.23. The van der Waals surface area contributed by atoms with Gasteiger partial charge >= 0.3 is 7.60 Å². The molecule has 6 heteroatoms. The number of benzene rings is 1. The SMILES string of the molecule is Cl.NC1(P(=O)(O)O)Cc2ccccc2C1. The molecule has 4 N–H and O–H groups in total. The van der Waals surface area contributed by atoms with Gasteiger partial charge in [-0.05, 0) is 11.1 Å². The fourth-order valence-corrected chi connectivity index (χ4v) is 2.58. The lowest BCUT2D eigenvalue weighted by Gasteiger charge is -2.24. The third-order valence-electron chi connectivity index (χ3n) is 2.69. The van der Waals surface area contributed by atoms with Crippen LogP contribution in [0.25, 0.3) is 0 Å². The molecule has 1 aromatic carbocycles. The van der Waals surface area contributed by atoms with Crippen molar-refractivity contribution in [3.63, 3.8) is 0 Å². The topological polar surface area (TPSA) is 83.6 Å². The number of nitrogens with two attached hydrogens (primary N) is 1. The summed E-state index contributed by atoms with van der Waals surface area (Å²) in [6.45, 7) is 0. The van der Waals surface area contributed by atoms with Gasteiger partial charge < -0.3 is 15.5 Å². The van der Waals surface area contributed by atoms with Crippen molar-refractivity contribution in [3.8, 4) is 0 Å². The van der Waals surface area contributed by atoms with E-state index in [4.69, 9.17) is 15.5 Å². The summed E-state index contributed by atoms with van der Waals surface area (Å²) < 4.78 is 11.2. The molecule has 0 amide bonds. The first-order valence-corrected chi connectivity index (χ1v) is 5.95. The zero-order valence-corrected chi connectivity index (χ0v) is 9.67. The van der Waals surface area contributed by atoms with E-state index >= 15 is 0 Å². The first-order chi connectivity index (χ1) is 6.42. The van der Waals surface area contributed by atoms with Crippen molar-refractivity contribution in [1.29, 1.82) is 0 Å². The molecule has 15 heavy (non-hydrogen) atoms. The normalized spacial score (nSPS) is 18.1. The summed E-state index contributed by atoms with van der Waals surface area (Å²) in [7, 11) is -4.23. The Labute approximate surface area is 94.1 Å². The molecule has 2 rings (SSSR count). The third-order valence-corrected chi connectivity index (χ3v) is 4.17. The lowest BCUT2D eigenvalue weighted by atomic mass is 10.1. The number of hydrogen-bond donors (Lipinski definition) is 3. The molecule has 1 aliphatic rings. The van der Waals surface area contributed by atoms with Crippen molar-refractivity contribution in [2.24, 2.45) is 5.73 Å². The Hall–Kier alpha value is -0.380. The molecule has 0 bridgehead atoms. The largest absolute Gasteiger partial charge is 0.345 e. The Bertz CT molecular complexity index is 393. The molecular formula is C9H13ClNO3P. The Balaban J connectivity index is 0.00000112. The maximum Gasteiger partial charge on any atom is 0.345 e. The molecule has 0 radical (unpaired) electrons. The van der Waals surface area contributed by atoms with Crippen LogP contribution >= 0.6 is 20.0 Å². The van der Waals surface area contributed by atoms with Crippen molar-refractivity contribution in [2.75, 3.05) is 0 Å². The van der Waals surface area contributed by atoms with Gasteiger partial charge in [0, 0.05) is 12.8 Å². The molecule has 0 spiro atoms. The van der Waals surface area contributed by atoms with Crippen LogP contribution in [0, 0.1) is 0 Å². The van der Waals surface area contributed by atoms with Crippen LogP contribution in [0.15, 0.2) is 24.3 Å². The van der Waals surface area contributed by atoms with Crippen molar-refractivity contribution >= 4 is 20.0 Å². The van der Waals surface area contributed by atoms with Crippen LogP contribution in [0.5, 0.6) is 0 Å². The molecule has 0 aliphatic heterocycles. The average molecular weight is 250 g/mol. The molecule has 0 saturated carbocycles. The number of halogens is 1. The first-order valence-electron chi connectivity index (χ1n) is 4.34. The zero-order valence-electron chi connectivity index (χ0n) is 7.96. The fraction of sp³-hybridized carbons (Fsp3) is 0.333. The summed E-state index contributed by atoms with van der Waals surface area (Å²) in [6.07, 6.45) is 0.515. The highest BCUT2D eigenvalue weighted by Crippen LogP contribution is 2.53. The smallest absolute Gasteiger partial charge is 0.323 e. The zero-order chi connectivity index (χ0) is 10.4. The monoisotopic (exact) mass is 249 g/mol. The van der Waals surface area contributed by atoms with E-state index in [1.54, 1.807) is 0 Å². The average Bonchev–Trinajstić information content (AvgIpc) is 2.40. The minimum Gasteiger partial charge on any atom is -0.323 e. The molecule has 4 nitrogen and oxygen atoms in total. The second-order valence-electron chi connectivity index (χ2n) is 3.77. The number of rotatable bonds is 1. The summed E-state index contributed by atoms with van der Waals surface area (Å²) in [4.78, 5) is 18.3. The first kappa shape index (κ1) is 12.7. The molecular weight excluding hydrogens is 237 g/mol. The Morgan fingerprint density at radius 2 is 1.60 bits per heavy atom. The second-order valence-corrected chi connectivity index (χ2v) is 5.75. The molecule has 1 aromatic rings. The predicted octanol–water partition coefficient (Wildman–Crippen LogP) is 1.04. The summed E-state index contributed by atoms with van der Waals surface area (Å²) >= 11 is 0. The minimum absolute atomic E-state index is 0. The molecule has 0 atom stereocenters. The Morgan fingerprint density at radius 1 is 1.20 bits per heavy atom. The molecule has 0 heterocycles. The van der Waals surface area contributed by atoms with Crippen molar-refractivity contribution < 1.29 is 14.4 Å². The second kappa shape index (κ2) is 3.89. The van der Waals surface area contributed by atoms with Gasteiger partial charge in [0.1, 0.15) is 5.28 Å². The van der Waals surface area contributed by atoms with Crippen LogP contribution in [0.3, 0.4) is 0 Å². The molecule has 0 saturated heterocycles. The maximum absolute atomic E-state index is 11.2. The van der Waals surface area contributed by atoms with E-state index in [1.165, 1.54) is 0 Å². The van der Waals surface area contributed by atoms with E-state index < -0.39 is 12.9 Å². The summed E-state index contributed by atoms with van der Waals surface area (Å²) in [5.74, 6) is 0. The quantitative estimate of drug-likeness (QED) is 0.650. The summed E-state index contributed by atoms with van der Waals surface area (Å²) in [5, 5.41) is -1.39. The van der Waals surface area contributed by atoms with Crippen LogP contribution in [-0.2, 0) is 17.4 Å². The van der Waals surface area contributed by atoms with Gasteiger partial charge in [-0.3, -0.25) is 4.57 Å². The van der Waals surface area contributed by atoms with Gasteiger partial charge in [-0.25, -0.2) is 0 Å². The molecule has 84 valence electrons. The van der Waals surface area contributed by atoms with Gasteiger partial charge in [0.2, 0.25) is 0 Å². The van der Waals surface area contributed by atoms with E-state index in [9.17, 15) is 4.57 Å². The molecule has 0 fully saturated rings. The van der Waals surface area contributed by atoms with Gasteiger partial charge in [0.05, 0.1) is 0 Å². The van der Waals surface area contributed by atoms with Crippen LogP contribution in [0.1, 0.15) is 11.1 Å². The lowest BCUT2D eigenvalue weighted by Crippen LogP contribution is -2.40. The van der Waals surface area contributed by atoms with E-state index in [1.807, 2.05) is 24.3 Å².